The van der Waals surface area contributed by atoms with Crippen LogP contribution in [-0.4, -0.2) is 15.2 Å². The predicted molar refractivity (Wildman–Crippen MR) is 53.4 cm³/mol. The highest BCUT2D eigenvalue weighted by Crippen LogP contribution is 2.31. The molecule has 65 valence electrons. The zero-order valence-electron chi connectivity index (χ0n) is 6.38. The van der Waals surface area contributed by atoms with Crippen LogP contribution in [0.25, 0.3) is 11.4 Å². The third-order valence-corrected chi connectivity index (χ3v) is 2.86. The van der Waals surface area contributed by atoms with Crippen molar-refractivity contribution in [2.45, 2.75) is 0 Å². The summed E-state index contributed by atoms with van der Waals surface area (Å²) in [6.07, 6.45) is 2.51. The molecule has 1 heterocycles. The first kappa shape index (κ1) is 8.72. The normalized spacial score (nSPS) is 10.3. The first-order valence-electron chi connectivity index (χ1n) is 3.52. The number of benzene rings is 1. The van der Waals surface area contributed by atoms with Gasteiger partial charge in [0.1, 0.15) is 0 Å². The van der Waals surface area contributed by atoms with E-state index in [0.717, 1.165) is 10.0 Å². The maximum Gasteiger partial charge on any atom is 0.193 e. The van der Waals surface area contributed by atoms with E-state index in [1.165, 1.54) is 0 Å². The molecule has 13 heavy (non-hydrogen) atoms. The first-order chi connectivity index (χ1) is 6.29. The van der Waals surface area contributed by atoms with Crippen LogP contribution in [-0.2, 0) is 0 Å². The van der Waals surface area contributed by atoms with E-state index in [9.17, 15) is 0 Å². The molecule has 0 atom stereocenters. The predicted octanol–water partition coefficient (Wildman–Crippen LogP) is 2.69. The van der Waals surface area contributed by atoms with Crippen LogP contribution in [0.2, 0.25) is 5.02 Å². The van der Waals surface area contributed by atoms with Gasteiger partial charge in [0.2, 0.25) is 0 Å². The Labute approximate surface area is 88.3 Å². The largest absolute Gasteiger partial charge is 0.256 e. The van der Waals surface area contributed by atoms with E-state index in [0.29, 0.717) is 10.8 Å². The van der Waals surface area contributed by atoms with Gasteiger partial charge in [0.05, 0.1) is 5.02 Å². The summed E-state index contributed by atoms with van der Waals surface area (Å²) in [5, 5.41) is 7.01. The Kier molecular flexibility index (Phi) is 2.33. The molecule has 3 nitrogen and oxygen atoms in total. The monoisotopic (exact) mass is 256 g/mol. The van der Waals surface area contributed by atoms with Crippen LogP contribution in [0.3, 0.4) is 0 Å². The average molecular weight is 257 g/mol. The Balaban J connectivity index is 2.59. The number of rotatable bonds is 1. The SMILES string of the molecule is Clc1c(Br)cccc1-c1n[c][nH]n1. The number of hydrogen-bond acceptors (Lipinski definition) is 2. The van der Waals surface area contributed by atoms with Crippen LogP contribution in [0.5, 0.6) is 0 Å². The molecule has 0 fully saturated rings. The van der Waals surface area contributed by atoms with E-state index >= 15 is 0 Å². The molecule has 0 amide bonds. The molecule has 0 aliphatic heterocycles. The molecule has 0 spiro atoms. The number of H-pyrrole nitrogens is 1. The quantitative estimate of drug-likeness (QED) is 0.853. The lowest BCUT2D eigenvalue weighted by Gasteiger charge is -2.00. The molecule has 0 saturated carbocycles. The summed E-state index contributed by atoms with van der Waals surface area (Å²) < 4.78 is 0.830. The molecule has 0 unspecified atom stereocenters. The minimum Gasteiger partial charge on any atom is -0.256 e. The van der Waals surface area contributed by atoms with Crippen molar-refractivity contribution < 1.29 is 0 Å². The average Bonchev–Trinajstić information content (AvgIpc) is 2.62. The van der Waals surface area contributed by atoms with E-state index in [1.54, 1.807) is 0 Å². The molecule has 0 aliphatic carbocycles. The van der Waals surface area contributed by atoms with Gasteiger partial charge in [-0.05, 0) is 28.1 Å². The summed E-state index contributed by atoms with van der Waals surface area (Å²) >= 11 is 9.35. The summed E-state index contributed by atoms with van der Waals surface area (Å²) in [5.41, 5.74) is 0.786. The van der Waals surface area contributed by atoms with Gasteiger partial charge in [-0.25, -0.2) is 4.98 Å². The first-order valence-corrected chi connectivity index (χ1v) is 4.69. The Morgan fingerprint density at radius 1 is 1.46 bits per heavy atom. The van der Waals surface area contributed by atoms with Gasteiger partial charge in [-0.15, -0.1) is 0 Å². The Hall–Kier alpha value is -0.870. The lowest BCUT2D eigenvalue weighted by Crippen LogP contribution is -1.82. The second-order valence-corrected chi connectivity index (χ2v) is 3.60. The van der Waals surface area contributed by atoms with E-state index in [1.807, 2.05) is 18.2 Å². The molecule has 1 N–H and O–H groups in total. The van der Waals surface area contributed by atoms with Crippen LogP contribution in [0.15, 0.2) is 22.7 Å². The zero-order chi connectivity index (χ0) is 9.26. The Bertz CT molecular complexity index is 413. The Morgan fingerprint density at radius 2 is 2.31 bits per heavy atom. The summed E-state index contributed by atoms with van der Waals surface area (Å²) in [5.74, 6) is 0.548. The van der Waals surface area contributed by atoms with E-state index in [2.05, 4.69) is 37.4 Å². The third kappa shape index (κ3) is 1.59. The molecule has 5 heteroatoms. The minimum atomic E-state index is 0.548. The third-order valence-electron chi connectivity index (χ3n) is 1.57. The van der Waals surface area contributed by atoms with Crippen molar-refractivity contribution in [3.05, 3.63) is 34.0 Å². The zero-order valence-corrected chi connectivity index (χ0v) is 8.72. The van der Waals surface area contributed by atoms with E-state index < -0.39 is 0 Å². The highest BCUT2D eigenvalue weighted by atomic mass is 79.9. The molecule has 0 aliphatic rings. The van der Waals surface area contributed by atoms with Gasteiger partial charge in [-0.1, -0.05) is 17.7 Å². The second kappa shape index (κ2) is 3.47. The number of halogens is 2. The summed E-state index contributed by atoms with van der Waals surface area (Å²) in [4.78, 5) is 3.89. The molecular formula is C8H4BrClN3. The molecular weight excluding hydrogens is 253 g/mol. The van der Waals surface area contributed by atoms with Crippen LogP contribution < -0.4 is 0 Å². The molecule has 1 radical (unpaired) electrons. The molecule has 2 rings (SSSR count). The van der Waals surface area contributed by atoms with Gasteiger partial charge in [-0.2, -0.15) is 5.10 Å². The number of nitrogens with zero attached hydrogens (tertiary/aromatic N) is 2. The van der Waals surface area contributed by atoms with Gasteiger partial charge in [0.15, 0.2) is 12.2 Å². The lowest BCUT2D eigenvalue weighted by molar-refractivity contribution is 1.09. The van der Waals surface area contributed by atoms with Crippen molar-refractivity contribution in [2.75, 3.05) is 0 Å². The molecule has 0 bridgehead atoms. The van der Waals surface area contributed by atoms with Crippen molar-refractivity contribution in [3.8, 4) is 11.4 Å². The highest BCUT2D eigenvalue weighted by Gasteiger charge is 2.08. The number of nitrogens with one attached hydrogen (secondary N) is 1. The smallest absolute Gasteiger partial charge is 0.193 e. The van der Waals surface area contributed by atoms with E-state index in [-0.39, 0.29) is 0 Å². The Morgan fingerprint density at radius 3 is 3.00 bits per heavy atom. The summed E-state index contributed by atoms with van der Waals surface area (Å²) in [6.45, 7) is 0. The van der Waals surface area contributed by atoms with Crippen molar-refractivity contribution >= 4 is 27.5 Å². The van der Waals surface area contributed by atoms with Gasteiger partial charge in [-0.3, -0.25) is 5.10 Å². The van der Waals surface area contributed by atoms with Crippen molar-refractivity contribution in [3.63, 3.8) is 0 Å². The minimum absolute atomic E-state index is 0.548. The maximum atomic E-state index is 6.03. The van der Waals surface area contributed by atoms with E-state index in [4.69, 9.17) is 11.6 Å². The van der Waals surface area contributed by atoms with Crippen molar-refractivity contribution in [1.29, 1.82) is 0 Å². The standard InChI is InChI=1S/C8H4BrClN3/c9-6-3-1-2-5(7(6)10)8-11-4-12-13-8/h1-3H,(H,11,12,13). The van der Waals surface area contributed by atoms with Gasteiger partial charge < -0.3 is 0 Å². The molecule has 2 aromatic rings. The van der Waals surface area contributed by atoms with Crippen LogP contribution in [0, 0.1) is 6.33 Å². The van der Waals surface area contributed by atoms with Crippen LogP contribution in [0.1, 0.15) is 0 Å². The summed E-state index contributed by atoms with van der Waals surface area (Å²) in [7, 11) is 0. The van der Waals surface area contributed by atoms with Gasteiger partial charge in [0.25, 0.3) is 0 Å². The fourth-order valence-corrected chi connectivity index (χ4v) is 1.55. The fourth-order valence-electron chi connectivity index (χ4n) is 0.978. The number of hydrogen-bond donors (Lipinski definition) is 1. The number of aromatic amines is 1. The van der Waals surface area contributed by atoms with Crippen molar-refractivity contribution in [2.24, 2.45) is 0 Å². The van der Waals surface area contributed by atoms with Crippen molar-refractivity contribution in [1.82, 2.24) is 15.2 Å². The van der Waals surface area contributed by atoms with Crippen LogP contribution in [0.4, 0.5) is 0 Å². The topological polar surface area (TPSA) is 41.6 Å². The van der Waals surface area contributed by atoms with Gasteiger partial charge >= 0.3 is 0 Å². The molecule has 1 aromatic carbocycles. The molecule has 1 aromatic heterocycles. The summed E-state index contributed by atoms with van der Waals surface area (Å²) in [6, 6.07) is 5.59. The molecule has 0 saturated heterocycles. The number of aromatic nitrogens is 3. The van der Waals surface area contributed by atoms with Gasteiger partial charge in [0, 0.05) is 10.0 Å². The lowest BCUT2D eigenvalue weighted by atomic mass is 10.2. The maximum absolute atomic E-state index is 6.03. The second-order valence-electron chi connectivity index (χ2n) is 2.37. The highest BCUT2D eigenvalue weighted by molar-refractivity contribution is 9.10. The fraction of sp³-hybridized carbons (Fsp3) is 0. The van der Waals surface area contributed by atoms with Crippen LogP contribution >= 0.6 is 27.5 Å².